The maximum absolute atomic E-state index is 11.6. The van der Waals surface area contributed by atoms with Gasteiger partial charge in [0.2, 0.25) is 0 Å². The van der Waals surface area contributed by atoms with Crippen molar-refractivity contribution in [3.05, 3.63) is 65.2 Å². The van der Waals surface area contributed by atoms with Gasteiger partial charge in [0.05, 0.1) is 0 Å². The molecule has 0 saturated carbocycles. The van der Waals surface area contributed by atoms with Crippen LogP contribution in [0.3, 0.4) is 0 Å². The van der Waals surface area contributed by atoms with Crippen LogP contribution in [0.15, 0.2) is 48.5 Å². The summed E-state index contributed by atoms with van der Waals surface area (Å²) in [5.41, 5.74) is 3.14. The van der Waals surface area contributed by atoms with E-state index in [4.69, 9.17) is 16.3 Å². The Morgan fingerprint density at radius 3 is 2.33 bits per heavy atom. The first kappa shape index (κ1) is 15.3. The van der Waals surface area contributed by atoms with E-state index in [0.717, 1.165) is 16.9 Å². The van der Waals surface area contributed by atoms with E-state index in [1.807, 2.05) is 56.3 Å². The Hall–Kier alpha value is -2.06. The van der Waals surface area contributed by atoms with E-state index < -0.39 is 5.24 Å². The van der Waals surface area contributed by atoms with Crippen molar-refractivity contribution in [2.24, 2.45) is 0 Å². The Morgan fingerprint density at radius 1 is 1.05 bits per heavy atom. The van der Waals surface area contributed by atoms with Crippen molar-refractivity contribution in [2.45, 2.75) is 20.8 Å². The van der Waals surface area contributed by atoms with Gasteiger partial charge in [0.15, 0.2) is 0 Å². The highest BCUT2D eigenvalue weighted by molar-refractivity contribution is 6.74. The zero-order chi connectivity index (χ0) is 15.4. The summed E-state index contributed by atoms with van der Waals surface area (Å²) in [4.78, 5) is 11.6. The lowest BCUT2D eigenvalue weighted by Gasteiger charge is -2.15. The Bertz CT molecular complexity index is 702. The predicted molar refractivity (Wildman–Crippen MR) is 86.9 cm³/mol. The summed E-state index contributed by atoms with van der Waals surface area (Å²) >= 11 is 5.67. The van der Waals surface area contributed by atoms with E-state index in [2.05, 4.69) is 0 Å². The van der Waals surface area contributed by atoms with Crippen LogP contribution in [0.2, 0.25) is 0 Å². The molecule has 108 valence electrons. The number of benzene rings is 2. The van der Waals surface area contributed by atoms with Gasteiger partial charge in [0.25, 0.3) is 5.24 Å². The second kappa shape index (κ2) is 6.59. The molecule has 0 aliphatic carbocycles. The Kier molecular flexibility index (Phi) is 4.81. The molecule has 0 amide bonds. The predicted octanol–water partition coefficient (Wildman–Crippen LogP) is 5.26. The highest BCUT2D eigenvalue weighted by atomic mass is 35.5. The van der Waals surface area contributed by atoms with Gasteiger partial charge in [-0.2, -0.15) is 0 Å². The third-order valence-corrected chi connectivity index (χ3v) is 3.51. The minimum atomic E-state index is -0.488. The first-order chi connectivity index (χ1) is 10.0. The number of para-hydroxylation sites is 2. The summed E-state index contributed by atoms with van der Waals surface area (Å²) in [7, 11) is 0. The quantitative estimate of drug-likeness (QED) is 0.568. The molecular formula is C18H17ClO2. The molecule has 0 N–H and O–H groups in total. The summed E-state index contributed by atoms with van der Waals surface area (Å²) in [6, 6.07) is 13.4. The molecule has 0 fully saturated rings. The minimum absolute atomic E-state index is 0.448. The molecular weight excluding hydrogens is 284 g/mol. The zero-order valence-corrected chi connectivity index (χ0v) is 13.1. The van der Waals surface area contributed by atoms with Crippen molar-refractivity contribution in [2.75, 3.05) is 0 Å². The molecule has 2 nitrogen and oxygen atoms in total. The standard InChI is InChI=1S/C18H17ClO2/c1-4-14(18(19)20)15-10-7-9-13(3)17(15)21-16-11-6-5-8-12(16)2/h4-11H,1-3H3. The van der Waals surface area contributed by atoms with Gasteiger partial charge < -0.3 is 4.74 Å². The van der Waals surface area contributed by atoms with Crippen molar-refractivity contribution < 1.29 is 9.53 Å². The number of aryl methyl sites for hydroxylation is 2. The van der Waals surface area contributed by atoms with Crippen molar-refractivity contribution >= 4 is 22.4 Å². The van der Waals surface area contributed by atoms with Gasteiger partial charge in [-0.05, 0) is 49.6 Å². The average molecular weight is 301 g/mol. The number of carbonyl (C=O) groups is 1. The molecule has 0 unspecified atom stereocenters. The van der Waals surface area contributed by atoms with E-state index in [1.54, 1.807) is 13.0 Å². The minimum Gasteiger partial charge on any atom is -0.456 e. The van der Waals surface area contributed by atoms with E-state index in [0.29, 0.717) is 16.9 Å². The van der Waals surface area contributed by atoms with Crippen LogP contribution in [0.4, 0.5) is 0 Å². The van der Waals surface area contributed by atoms with Crippen molar-refractivity contribution in [1.82, 2.24) is 0 Å². The third-order valence-electron chi connectivity index (χ3n) is 3.31. The second-order valence-electron chi connectivity index (χ2n) is 4.80. The highest BCUT2D eigenvalue weighted by Gasteiger charge is 2.16. The molecule has 0 heterocycles. The third kappa shape index (κ3) is 3.34. The lowest BCUT2D eigenvalue weighted by Crippen LogP contribution is -1.99. The first-order valence-corrected chi connectivity index (χ1v) is 7.12. The summed E-state index contributed by atoms with van der Waals surface area (Å²) in [5, 5.41) is -0.488. The highest BCUT2D eigenvalue weighted by Crippen LogP contribution is 2.35. The molecule has 0 radical (unpaired) electrons. The topological polar surface area (TPSA) is 26.3 Å². The van der Waals surface area contributed by atoms with E-state index in [-0.39, 0.29) is 0 Å². The maximum atomic E-state index is 11.6. The van der Waals surface area contributed by atoms with Gasteiger partial charge in [-0.1, -0.05) is 42.5 Å². The van der Waals surface area contributed by atoms with Gasteiger partial charge in [0, 0.05) is 11.1 Å². The number of ether oxygens (including phenoxy) is 1. The van der Waals surface area contributed by atoms with Crippen LogP contribution in [0.1, 0.15) is 23.6 Å². The summed E-state index contributed by atoms with van der Waals surface area (Å²) < 4.78 is 6.05. The molecule has 0 atom stereocenters. The van der Waals surface area contributed by atoms with E-state index in [1.165, 1.54) is 0 Å². The first-order valence-electron chi connectivity index (χ1n) is 6.74. The molecule has 21 heavy (non-hydrogen) atoms. The van der Waals surface area contributed by atoms with Crippen LogP contribution in [-0.2, 0) is 4.79 Å². The molecule has 2 aromatic rings. The van der Waals surface area contributed by atoms with E-state index >= 15 is 0 Å². The van der Waals surface area contributed by atoms with Crippen LogP contribution in [0.5, 0.6) is 11.5 Å². The maximum Gasteiger partial charge on any atom is 0.252 e. The number of halogens is 1. The Morgan fingerprint density at radius 2 is 1.71 bits per heavy atom. The number of hydrogen-bond donors (Lipinski definition) is 0. The van der Waals surface area contributed by atoms with Crippen molar-refractivity contribution in [3.63, 3.8) is 0 Å². The Balaban J connectivity index is 2.54. The molecule has 3 heteroatoms. The molecule has 0 aliphatic rings. The fraction of sp³-hybridized carbons (Fsp3) is 0.167. The largest absolute Gasteiger partial charge is 0.456 e. The van der Waals surface area contributed by atoms with Gasteiger partial charge in [-0.3, -0.25) is 4.79 Å². The fourth-order valence-corrected chi connectivity index (χ4v) is 2.37. The molecule has 0 spiro atoms. The molecule has 2 aromatic carbocycles. The molecule has 0 aromatic heterocycles. The van der Waals surface area contributed by atoms with Crippen LogP contribution in [0.25, 0.3) is 5.57 Å². The molecule has 0 aliphatic heterocycles. The zero-order valence-electron chi connectivity index (χ0n) is 12.3. The van der Waals surface area contributed by atoms with Crippen molar-refractivity contribution in [1.29, 1.82) is 0 Å². The lowest BCUT2D eigenvalue weighted by molar-refractivity contribution is -0.106. The SMILES string of the molecule is CC=C(C(=O)Cl)c1cccc(C)c1Oc1ccccc1C. The van der Waals surface area contributed by atoms with Crippen LogP contribution >= 0.6 is 11.6 Å². The fourth-order valence-electron chi connectivity index (χ4n) is 2.16. The number of carbonyl (C=O) groups excluding carboxylic acids is 1. The summed E-state index contributed by atoms with van der Waals surface area (Å²) in [6.07, 6.45) is 1.70. The molecule has 0 bridgehead atoms. The lowest BCUT2D eigenvalue weighted by atomic mass is 10.0. The summed E-state index contributed by atoms with van der Waals surface area (Å²) in [5.74, 6) is 1.43. The van der Waals surface area contributed by atoms with Crippen LogP contribution in [-0.4, -0.2) is 5.24 Å². The number of hydrogen-bond acceptors (Lipinski definition) is 2. The number of rotatable bonds is 4. The molecule has 0 saturated heterocycles. The van der Waals surface area contributed by atoms with Gasteiger partial charge in [0.1, 0.15) is 11.5 Å². The summed E-state index contributed by atoms with van der Waals surface area (Å²) in [6.45, 7) is 5.72. The number of allylic oxidation sites excluding steroid dienone is 2. The van der Waals surface area contributed by atoms with Crippen molar-refractivity contribution in [3.8, 4) is 11.5 Å². The van der Waals surface area contributed by atoms with Gasteiger partial charge in [-0.25, -0.2) is 0 Å². The van der Waals surface area contributed by atoms with Gasteiger partial charge >= 0.3 is 0 Å². The average Bonchev–Trinajstić information content (AvgIpc) is 2.45. The Labute approximate surface area is 130 Å². The smallest absolute Gasteiger partial charge is 0.252 e. The normalized spacial score (nSPS) is 11.3. The second-order valence-corrected chi connectivity index (χ2v) is 5.14. The monoisotopic (exact) mass is 300 g/mol. The molecule has 2 rings (SSSR count). The van der Waals surface area contributed by atoms with Gasteiger partial charge in [-0.15, -0.1) is 0 Å². The van der Waals surface area contributed by atoms with Crippen LogP contribution < -0.4 is 4.74 Å². The van der Waals surface area contributed by atoms with E-state index in [9.17, 15) is 4.79 Å². The van der Waals surface area contributed by atoms with Crippen LogP contribution in [0, 0.1) is 13.8 Å².